The van der Waals surface area contributed by atoms with E-state index >= 15 is 0 Å². The first-order valence-corrected chi connectivity index (χ1v) is 8.65. The topological polar surface area (TPSA) is 111 Å². The van der Waals surface area contributed by atoms with Crippen LogP contribution in [-0.4, -0.2) is 23.3 Å². The minimum absolute atomic E-state index is 0.157. The maximum absolute atomic E-state index is 12.0. The summed E-state index contributed by atoms with van der Waals surface area (Å²) in [4.78, 5) is 34.2. The van der Waals surface area contributed by atoms with Crippen molar-refractivity contribution in [2.45, 2.75) is 0 Å². The van der Waals surface area contributed by atoms with Crippen LogP contribution in [0.25, 0.3) is 11.1 Å². The van der Waals surface area contributed by atoms with Crippen LogP contribution in [0.2, 0.25) is 0 Å². The van der Waals surface area contributed by atoms with Gasteiger partial charge in [0.1, 0.15) is 11.3 Å². The zero-order valence-corrected chi connectivity index (χ0v) is 15.2. The molecule has 0 aromatic heterocycles. The van der Waals surface area contributed by atoms with Crippen LogP contribution in [0.1, 0.15) is 10.4 Å². The Morgan fingerprint density at radius 1 is 0.828 bits per heavy atom. The Morgan fingerprint density at radius 3 is 2.14 bits per heavy atom. The molecule has 3 aromatic rings. The van der Waals surface area contributed by atoms with Crippen molar-refractivity contribution in [2.75, 3.05) is 6.61 Å². The van der Waals surface area contributed by atoms with Crippen molar-refractivity contribution in [3.63, 3.8) is 0 Å². The molecule has 0 aliphatic rings. The van der Waals surface area contributed by atoms with E-state index in [1.165, 1.54) is 24.3 Å². The second-order valence-electron chi connectivity index (χ2n) is 5.96. The van der Waals surface area contributed by atoms with Gasteiger partial charge in [0, 0.05) is 6.07 Å². The minimum Gasteiger partial charge on any atom is -0.484 e. The van der Waals surface area contributed by atoms with E-state index in [0.717, 1.165) is 11.1 Å². The van der Waals surface area contributed by atoms with E-state index in [2.05, 4.69) is 10.9 Å². The number of hydrogen-bond donors (Lipinski definition) is 2. The summed E-state index contributed by atoms with van der Waals surface area (Å²) in [5, 5.41) is 11.0. The molecule has 0 radical (unpaired) electrons. The van der Waals surface area contributed by atoms with Crippen molar-refractivity contribution in [1.29, 1.82) is 0 Å². The van der Waals surface area contributed by atoms with Crippen LogP contribution in [0.4, 0.5) is 5.69 Å². The molecule has 0 aliphatic carbocycles. The highest BCUT2D eigenvalue weighted by Crippen LogP contribution is 2.22. The predicted octanol–water partition coefficient (Wildman–Crippen LogP) is 3.10. The number of para-hydroxylation sites is 1. The van der Waals surface area contributed by atoms with Crippen LogP contribution < -0.4 is 15.6 Å². The molecule has 146 valence electrons. The van der Waals surface area contributed by atoms with E-state index in [0.29, 0.717) is 5.75 Å². The highest BCUT2D eigenvalue weighted by atomic mass is 16.6. The Morgan fingerprint density at radius 2 is 1.45 bits per heavy atom. The number of amides is 2. The van der Waals surface area contributed by atoms with Crippen molar-refractivity contribution < 1.29 is 19.2 Å². The number of carbonyl (C=O) groups is 2. The molecule has 0 saturated carbocycles. The Hall–Kier alpha value is -4.20. The number of nitro groups is 1. The second-order valence-corrected chi connectivity index (χ2v) is 5.96. The highest BCUT2D eigenvalue weighted by Gasteiger charge is 2.19. The van der Waals surface area contributed by atoms with Gasteiger partial charge in [-0.05, 0) is 29.3 Å². The van der Waals surface area contributed by atoms with E-state index in [4.69, 9.17) is 4.74 Å². The molecule has 2 amide bonds. The summed E-state index contributed by atoms with van der Waals surface area (Å²) in [6.45, 7) is -0.332. The smallest absolute Gasteiger partial charge is 0.282 e. The minimum atomic E-state index is -0.794. The first-order chi connectivity index (χ1) is 14.0. The van der Waals surface area contributed by atoms with Crippen molar-refractivity contribution in [3.05, 3.63) is 94.5 Å². The maximum atomic E-state index is 12.0. The molecule has 0 fully saturated rings. The van der Waals surface area contributed by atoms with E-state index in [-0.39, 0.29) is 17.9 Å². The average molecular weight is 391 g/mol. The summed E-state index contributed by atoms with van der Waals surface area (Å²) < 4.78 is 5.39. The van der Waals surface area contributed by atoms with Gasteiger partial charge in [0.25, 0.3) is 17.5 Å². The van der Waals surface area contributed by atoms with Gasteiger partial charge < -0.3 is 4.74 Å². The van der Waals surface area contributed by atoms with Gasteiger partial charge in [-0.15, -0.1) is 0 Å². The first kappa shape index (κ1) is 19.6. The summed E-state index contributed by atoms with van der Waals surface area (Å²) in [7, 11) is 0. The summed E-state index contributed by atoms with van der Waals surface area (Å²) in [5.74, 6) is -0.910. The molecule has 29 heavy (non-hydrogen) atoms. The molecule has 8 heteroatoms. The molecule has 0 aliphatic heterocycles. The fraction of sp³-hybridized carbons (Fsp3) is 0.0476. The van der Waals surface area contributed by atoms with Gasteiger partial charge in [0.05, 0.1) is 4.92 Å². The third-order valence-corrected chi connectivity index (χ3v) is 3.99. The van der Waals surface area contributed by atoms with Gasteiger partial charge in [-0.1, -0.05) is 54.6 Å². The fourth-order valence-corrected chi connectivity index (χ4v) is 2.58. The molecule has 8 nitrogen and oxygen atoms in total. The molecule has 0 bridgehead atoms. The SMILES string of the molecule is O=C(COc1ccc(-c2ccccc2)cc1)NNC(=O)c1ccccc1[N+](=O)[O-]. The Balaban J connectivity index is 1.50. The van der Waals surface area contributed by atoms with Crippen LogP contribution in [0.5, 0.6) is 5.75 Å². The van der Waals surface area contributed by atoms with E-state index in [1.54, 1.807) is 12.1 Å². The monoisotopic (exact) mass is 391 g/mol. The lowest BCUT2D eigenvalue weighted by Gasteiger charge is -2.09. The maximum Gasteiger partial charge on any atom is 0.282 e. The lowest BCUT2D eigenvalue weighted by molar-refractivity contribution is -0.385. The van der Waals surface area contributed by atoms with Crippen molar-refractivity contribution in [2.24, 2.45) is 0 Å². The third kappa shape index (κ3) is 5.16. The number of hydrazine groups is 1. The standard InChI is InChI=1S/C21H17N3O5/c25-20(22-23-21(26)18-8-4-5-9-19(18)24(27)28)14-29-17-12-10-16(11-13-17)15-6-2-1-3-7-15/h1-13H,14H2,(H,22,25)(H,23,26). The van der Waals surface area contributed by atoms with Gasteiger partial charge in [-0.25, -0.2) is 0 Å². The van der Waals surface area contributed by atoms with Crippen LogP contribution in [0.15, 0.2) is 78.9 Å². The predicted molar refractivity (Wildman–Crippen MR) is 106 cm³/mol. The molecule has 3 rings (SSSR count). The molecule has 3 aromatic carbocycles. The average Bonchev–Trinajstić information content (AvgIpc) is 2.77. The molecule has 0 saturated heterocycles. The second kappa shape index (κ2) is 9.14. The summed E-state index contributed by atoms with van der Waals surface area (Å²) in [6.07, 6.45) is 0. The molecule has 0 unspecified atom stereocenters. The summed E-state index contributed by atoms with van der Waals surface area (Å²) in [5.41, 5.74) is 5.87. The summed E-state index contributed by atoms with van der Waals surface area (Å²) in [6, 6.07) is 22.5. The number of nitro benzene ring substituents is 1. The van der Waals surface area contributed by atoms with Crippen LogP contribution in [0, 0.1) is 10.1 Å². The van der Waals surface area contributed by atoms with Gasteiger partial charge in [-0.3, -0.25) is 30.6 Å². The van der Waals surface area contributed by atoms with Crippen molar-refractivity contribution in [3.8, 4) is 16.9 Å². The van der Waals surface area contributed by atoms with Crippen LogP contribution in [-0.2, 0) is 4.79 Å². The third-order valence-electron chi connectivity index (χ3n) is 3.99. The van der Waals surface area contributed by atoms with Crippen molar-refractivity contribution >= 4 is 17.5 Å². The number of carbonyl (C=O) groups excluding carboxylic acids is 2. The number of nitrogens with one attached hydrogen (secondary N) is 2. The van der Waals surface area contributed by atoms with E-state index in [1.807, 2.05) is 42.5 Å². The molecule has 0 atom stereocenters. The van der Waals surface area contributed by atoms with Gasteiger partial charge in [-0.2, -0.15) is 0 Å². The number of hydrogen-bond acceptors (Lipinski definition) is 5. The number of rotatable bonds is 6. The quantitative estimate of drug-likeness (QED) is 0.495. The number of nitrogens with zero attached hydrogens (tertiary/aromatic N) is 1. The molecule has 0 heterocycles. The summed E-state index contributed by atoms with van der Waals surface area (Å²) >= 11 is 0. The molecule has 2 N–H and O–H groups in total. The normalized spacial score (nSPS) is 10.1. The zero-order chi connectivity index (χ0) is 20.6. The number of ether oxygens (including phenoxy) is 1. The Labute approximate surface area is 166 Å². The van der Waals surface area contributed by atoms with Crippen molar-refractivity contribution in [1.82, 2.24) is 10.9 Å². The first-order valence-electron chi connectivity index (χ1n) is 8.65. The Kier molecular flexibility index (Phi) is 6.16. The Bertz CT molecular complexity index is 1020. The van der Waals surface area contributed by atoms with Gasteiger partial charge in [0.15, 0.2) is 6.61 Å². The molecular weight excluding hydrogens is 374 g/mol. The van der Waals surface area contributed by atoms with E-state index < -0.39 is 16.7 Å². The molecule has 0 spiro atoms. The van der Waals surface area contributed by atoms with E-state index in [9.17, 15) is 19.7 Å². The van der Waals surface area contributed by atoms with Crippen LogP contribution in [0.3, 0.4) is 0 Å². The largest absolute Gasteiger partial charge is 0.484 e. The number of benzene rings is 3. The molecular formula is C21H17N3O5. The zero-order valence-electron chi connectivity index (χ0n) is 15.2. The highest BCUT2D eigenvalue weighted by molar-refractivity contribution is 5.99. The lowest BCUT2D eigenvalue weighted by atomic mass is 10.1. The van der Waals surface area contributed by atoms with Crippen LogP contribution >= 0.6 is 0 Å². The fourth-order valence-electron chi connectivity index (χ4n) is 2.58. The van der Waals surface area contributed by atoms with Gasteiger partial charge >= 0.3 is 0 Å². The lowest BCUT2D eigenvalue weighted by Crippen LogP contribution is -2.44. The van der Waals surface area contributed by atoms with Gasteiger partial charge in [0.2, 0.25) is 0 Å².